The molecule has 0 saturated heterocycles. The molecular weight excluding hydrogens is 309 g/mol. The van der Waals surface area contributed by atoms with Gasteiger partial charge in [0, 0.05) is 6.21 Å². The quantitative estimate of drug-likeness (QED) is 0.535. The molecule has 0 radical (unpaired) electrons. The first kappa shape index (κ1) is 17.1. The van der Waals surface area contributed by atoms with E-state index in [-0.39, 0.29) is 13.5 Å². The standard InChI is InChI=1S/C21H20BNO2/c24-17-18-11-13-20(14-12-18)22(19-7-3-1-4-8-19)25-16-15-23-21-9-5-2-6-10-21/h1-15,24H,16-17H2. The molecule has 0 amide bonds. The van der Waals surface area contributed by atoms with E-state index in [0.717, 1.165) is 22.2 Å². The van der Waals surface area contributed by atoms with Crippen LogP contribution in [0.3, 0.4) is 0 Å². The monoisotopic (exact) mass is 329 g/mol. The van der Waals surface area contributed by atoms with Gasteiger partial charge in [-0.3, -0.25) is 4.99 Å². The largest absolute Gasteiger partial charge is 0.422 e. The SMILES string of the molecule is OCc1ccc(B(OCC=Nc2ccccc2)c2ccccc2)cc1. The molecule has 0 bridgehead atoms. The summed E-state index contributed by atoms with van der Waals surface area (Å²) in [6.45, 7) is 0.285. The van der Waals surface area contributed by atoms with Crippen LogP contribution in [0.15, 0.2) is 89.9 Å². The minimum Gasteiger partial charge on any atom is -0.422 e. The van der Waals surface area contributed by atoms with Crippen LogP contribution < -0.4 is 10.9 Å². The minimum absolute atomic E-state index is 0.0425. The average Bonchev–Trinajstić information content (AvgIpc) is 2.70. The Morgan fingerprint density at radius 3 is 2.04 bits per heavy atom. The van der Waals surface area contributed by atoms with E-state index < -0.39 is 0 Å². The Morgan fingerprint density at radius 1 is 0.800 bits per heavy atom. The van der Waals surface area contributed by atoms with Gasteiger partial charge in [-0.15, -0.1) is 0 Å². The number of aliphatic imine (C=N–C) groups is 1. The van der Waals surface area contributed by atoms with Gasteiger partial charge in [-0.2, -0.15) is 0 Å². The molecule has 0 atom stereocenters. The molecule has 0 saturated carbocycles. The zero-order valence-corrected chi connectivity index (χ0v) is 14.0. The van der Waals surface area contributed by atoms with Crippen molar-refractivity contribution in [2.24, 2.45) is 4.99 Å². The zero-order valence-electron chi connectivity index (χ0n) is 14.0. The number of rotatable bonds is 7. The Balaban J connectivity index is 1.73. The van der Waals surface area contributed by atoms with Crippen molar-refractivity contribution in [3.05, 3.63) is 90.5 Å². The van der Waals surface area contributed by atoms with Crippen LogP contribution in [0, 0.1) is 0 Å². The lowest BCUT2D eigenvalue weighted by Gasteiger charge is -2.14. The number of aliphatic hydroxyl groups excluding tert-OH is 1. The van der Waals surface area contributed by atoms with E-state index in [1.54, 1.807) is 6.21 Å². The first-order chi connectivity index (χ1) is 12.4. The van der Waals surface area contributed by atoms with Crippen molar-refractivity contribution in [1.29, 1.82) is 0 Å². The van der Waals surface area contributed by atoms with Gasteiger partial charge in [0.25, 0.3) is 0 Å². The molecule has 25 heavy (non-hydrogen) atoms. The van der Waals surface area contributed by atoms with Gasteiger partial charge in [-0.05, 0) is 28.6 Å². The van der Waals surface area contributed by atoms with Crippen LogP contribution >= 0.6 is 0 Å². The fourth-order valence-corrected chi connectivity index (χ4v) is 2.61. The van der Waals surface area contributed by atoms with E-state index in [1.807, 2.05) is 72.8 Å². The lowest BCUT2D eigenvalue weighted by atomic mass is 9.55. The van der Waals surface area contributed by atoms with Crippen LogP contribution in [0.25, 0.3) is 0 Å². The van der Waals surface area contributed by atoms with Gasteiger partial charge in [-0.25, -0.2) is 0 Å². The molecule has 0 aliphatic carbocycles. The molecule has 4 heteroatoms. The highest BCUT2D eigenvalue weighted by Gasteiger charge is 2.20. The number of benzene rings is 3. The van der Waals surface area contributed by atoms with Crippen molar-refractivity contribution >= 4 is 29.7 Å². The number of hydrogen-bond donors (Lipinski definition) is 1. The maximum atomic E-state index is 9.22. The summed E-state index contributed by atoms with van der Waals surface area (Å²) >= 11 is 0. The highest BCUT2D eigenvalue weighted by Crippen LogP contribution is 2.08. The summed E-state index contributed by atoms with van der Waals surface area (Å²) in [5, 5.41) is 9.22. The number of nitrogens with zero attached hydrogens (tertiary/aromatic N) is 1. The Bertz CT molecular complexity index is 789. The molecule has 0 aromatic heterocycles. The van der Waals surface area contributed by atoms with Crippen molar-refractivity contribution < 1.29 is 9.76 Å². The summed E-state index contributed by atoms with van der Waals surface area (Å²) < 4.78 is 6.10. The van der Waals surface area contributed by atoms with Gasteiger partial charge in [0.05, 0.1) is 18.9 Å². The first-order valence-electron chi connectivity index (χ1n) is 8.30. The summed E-state index contributed by atoms with van der Waals surface area (Å²) in [5.74, 6) is 0. The van der Waals surface area contributed by atoms with E-state index in [9.17, 15) is 5.11 Å². The van der Waals surface area contributed by atoms with Crippen molar-refractivity contribution in [2.75, 3.05) is 6.61 Å². The number of para-hydroxylation sites is 1. The van der Waals surface area contributed by atoms with E-state index >= 15 is 0 Å². The molecule has 0 aliphatic heterocycles. The van der Waals surface area contributed by atoms with Gasteiger partial charge in [0.2, 0.25) is 0 Å². The Hall–Kier alpha value is -2.69. The minimum atomic E-state index is -0.170. The van der Waals surface area contributed by atoms with E-state index in [4.69, 9.17) is 4.65 Å². The predicted octanol–water partition coefficient (Wildman–Crippen LogP) is 2.70. The van der Waals surface area contributed by atoms with Crippen LogP contribution in [0.5, 0.6) is 0 Å². The van der Waals surface area contributed by atoms with Crippen LogP contribution in [-0.4, -0.2) is 24.8 Å². The third kappa shape index (κ3) is 4.89. The van der Waals surface area contributed by atoms with Gasteiger partial charge in [0.1, 0.15) is 0 Å². The molecule has 1 N–H and O–H groups in total. The molecule has 3 aromatic rings. The topological polar surface area (TPSA) is 41.8 Å². The molecule has 0 spiro atoms. The van der Waals surface area contributed by atoms with Gasteiger partial charge >= 0.3 is 6.92 Å². The van der Waals surface area contributed by atoms with Gasteiger partial charge < -0.3 is 9.76 Å². The van der Waals surface area contributed by atoms with E-state index in [0.29, 0.717) is 6.61 Å². The van der Waals surface area contributed by atoms with Crippen molar-refractivity contribution in [3.8, 4) is 0 Å². The second-order valence-electron chi connectivity index (χ2n) is 5.67. The van der Waals surface area contributed by atoms with Gasteiger partial charge in [0.15, 0.2) is 0 Å². The summed E-state index contributed by atoms with van der Waals surface area (Å²) in [4.78, 5) is 4.41. The maximum absolute atomic E-state index is 9.22. The first-order valence-corrected chi connectivity index (χ1v) is 8.30. The lowest BCUT2D eigenvalue weighted by Crippen LogP contribution is -2.45. The van der Waals surface area contributed by atoms with Crippen LogP contribution in [-0.2, 0) is 11.3 Å². The normalized spacial score (nSPS) is 10.9. The van der Waals surface area contributed by atoms with Crippen LogP contribution in [0.2, 0.25) is 0 Å². The van der Waals surface area contributed by atoms with Crippen LogP contribution in [0.4, 0.5) is 5.69 Å². The Labute approximate surface area is 148 Å². The highest BCUT2D eigenvalue weighted by molar-refractivity contribution is 6.80. The molecule has 0 heterocycles. The third-order valence-corrected chi connectivity index (χ3v) is 3.90. The molecule has 0 unspecified atom stereocenters. The summed E-state index contributed by atoms with van der Waals surface area (Å²) in [6, 6.07) is 27.8. The highest BCUT2D eigenvalue weighted by atomic mass is 16.4. The lowest BCUT2D eigenvalue weighted by molar-refractivity contribution is 0.282. The summed E-state index contributed by atoms with van der Waals surface area (Å²) in [5.41, 5.74) is 3.94. The van der Waals surface area contributed by atoms with Crippen molar-refractivity contribution in [1.82, 2.24) is 0 Å². The summed E-state index contributed by atoms with van der Waals surface area (Å²) in [7, 11) is 0. The van der Waals surface area contributed by atoms with Crippen molar-refractivity contribution in [3.63, 3.8) is 0 Å². The molecule has 3 nitrogen and oxygen atoms in total. The molecule has 124 valence electrons. The fourth-order valence-electron chi connectivity index (χ4n) is 2.61. The van der Waals surface area contributed by atoms with Crippen LogP contribution in [0.1, 0.15) is 5.56 Å². The number of hydrogen-bond acceptors (Lipinski definition) is 3. The molecule has 0 aliphatic rings. The second kappa shape index (κ2) is 8.97. The van der Waals surface area contributed by atoms with Crippen molar-refractivity contribution in [2.45, 2.75) is 6.61 Å². The molecule has 0 fully saturated rings. The predicted molar refractivity (Wildman–Crippen MR) is 104 cm³/mol. The average molecular weight is 329 g/mol. The maximum Gasteiger partial charge on any atom is 0.361 e. The van der Waals surface area contributed by atoms with E-state index in [2.05, 4.69) is 17.1 Å². The summed E-state index contributed by atoms with van der Waals surface area (Å²) in [6.07, 6.45) is 1.79. The Morgan fingerprint density at radius 2 is 1.40 bits per heavy atom. The second-order valence-corrected chi connectivity index (χ2v) is 5.67. The fraction of sp³-hybridized carbons (Fsp3) is 0.0952. The van der Waals surface area contributed by atoms with E-state index in [1.165, 1.54) is 0 Å². The molecule has 3 rings (SSSR count). The Kier molecular flexibility index (Phi) is 6.15. The molecular formula is C21H20BNO2. The zero-order chi connectivity index (χ0) is 17.3. The van der Waals surface area contributed by atoms with Gasteiger partial charge in [-0.1, -0.05) is 72.8 Å². The molecule has 3 aromatic carbocycles. The number of aliphatic hydroxyl groups is 1. The third-order valence-electron chi connectivity index (χ3n) is 3.90. The smallest absolute Gasteiger partial charge is 0.361 e.